The van der Waals surface area contributed by atoms with Crippen LogP contribution in [0.5, 0.6) is 0 Å². The molecule has 96 valence electrons. The second-order valence-electron chi connectivity index (χ2n) is 4.10. The van der Waals surface area contributed by atoms with Crippen molar-refractivity contribution in [1.82, 2.24) is 9.55 Å². The number of nitrogens with zero attached hydrogens (tertiary/aromatic N) is 2. The smallest absolute Gasteiger partial charge is 0.303 e. The first-order valence-corrected chi connectivity index (χ1v) is 6.13. The van der Waals surface area contributed by atoms with Gasteiger partial charge < -0.3 is 15.0 Å². The van der Waals surface area contributed by atoms with E-state index in [9.17, 15) is 4.79 Å². The van der Waals surface area contributed by atoms with Gasteiger partial charge in [0.15, 0.2) is 0 Å². The highest BCUT2D eigenvalue weighted by molar-refractivity contribution is 5.78. The molecule has 2 rings (SSSR count). The molecule has 0 unspecified atom stereocenters. The number of carbonyl (C=O) groups is 1. The molecule has 5 nitrogen and oxygen atoms in total. The maximum atomic E-state index is 10.6. The van der Waals surface area contributed by atoms with Gasteiger partial charge in [-0.05, 0) is 25.5 Å². The van der Waals surface area contributed by atoms with E-state index in [0.29, 0.717) is 13.0 Å². The van der Waals surface area contributed by atoms with Crippen LogP contribution in [0.3, 0.4) is 0 Å². The van der Waals surface area contributed by atoms with Crippen LogP contribution in [0.4, 0.5) is 5.95 Å². The monoisotopic (exact) mass is 247 g/mol. The molecule has 0 aliphatic carbocycles. The topological polar surface area (TPSA) is 67.2 Å². The SMILES string of the molecule is CCNc1nc2ccccc2n1CCCC(=O)O. The van der Waals surface area contributed by atoms with Gasteiger partial charge in [0.25, 0.3) is 0 Å². The Morgan fingerprint density at radius 1 is 1.44 bits per heavy atom. The quantitative estimate of drug-likeness (QED) is 0.822. The number of benzene rings is 1. The minimum absolute atomic E-state index is 0.179. The number of aliphatic carboxylic acids is 1. The van der Waals surface area contributed by atoms with Crippen molar-refractivity contribution in [2.24, 2.45) is 0 Å². The zero-order chi connectivity index (χ0) is 13.0. The fourth-order valence-electron chi connectivity index (χ4n) is 1.98. The molecule has 1 aromatic carbocycles. The summed E-state index contributed by atoms with van der Waals surface area (Å²) in [5, 5.41) is 11.9. The lowest BCUT2D eigenvalue weighted by atomic mass is 10.3. The van der Waals surface area contributed by atoms with Crippen molar-refractivity contribution >= 4 is 23.0 Å². The first-order valence-electron chi connectivity index (χ1n) is 6.13. The summed E-state index contributed by atoms with van der Waals surface area (Å²) in [6, 6.07) is 7.88. The Kier molecular flexibility index (Phi) is 3.82. The molecule has 0 aliphatic rings. The van der Waals surface area contributed by atoms with Crippen LogP contribution in [0, 0.1) is 0 Å². The molecule has 0 spiro atoms. The van der Waals surface area contributed by atoms with Gasteiger partial charge >= 0.3 is 5.97 Å². The average Bonchev–Trinajstić information content (AvgIpc) is 2.68. The summed E-state index contributed by atoms with van der Waals surface area (Å²) in [5.41, 5.74) is 1.97. The third kappa shape index (κ3) is 2.61. The lowest BCUT2D eigenvalue weighted by Gasteiger charge is -2.08. The summed E-state index contributed by atoms with van der Waals surface area (Å²) in [5.74, 6) is 0.0495. The molecule has 1 aromatic heterocycles. The Hall–Kier alpha value is -2.04. The van der Waals surface area contributed by atoms with Crippen molar-refractivity contribution in [2.75, 3.05) is 11.9 Å². The van der Waals surface area contributed by atoms with E-state index < -0.39 is 5.97 Å². The molecule has 18 heavy (non-hydrogen) atoms. The fourth-order valence-corrected chi connectivity index (χ4v) is 1.98. The van der Waals surface area contributed by atoms with Gasteiger partial charge in [-0.1, -0.05) is 12.1 Å². The highest BCUT2D eigenvalue weighted by Gasteiger charge is 2.09. The molecule has 0 radical (unpaired) electrons. The van der Waals surface area contributed by atoms with Crippen molar-refractivity contribution in [2.45, 2.75) is 26.3 Å². The molecule has 1 heterocycles. The Labute approximate surface area is 105 Å². The lowest BCUT2D eigenvalue weighted by Crippen LogP contribution is -2.08. The number of aryl methyl sites for hydroxylation is 1. The highest BCUT2D eigenvalue weighted by atomic mass is 16.4. The molecule has 0 bridgehead atoms. The van der Waals surface area contributed by atoms with Gasteiger partial charge in [-0.3, -0.25) is 4.79 Å². The molecule has 0 saturated carbocycles. The summed E-state index contributed by atoms with van der Waals surface area (Å²) < 4.78 is 2.04. The number of hydrogen-bond donors (Lipinski definition) is 2. The van der Waals surface area contributed by atoms with Gasteiger partial charge in [-0.25, -0.2) is 4.98 Å². The minimum atomic E-state index is -0.760. The van der Waals surface area contributed by atoms with Crippen LogP contribution in [0.1, 0.15) is 19.8 Å². The first-order chi connectivity index (χ1) is 8.72. The zero-order valence-corrected chi connectivity index (χ0v) is 10.4. The third-order valence-corrected chi connectivity index (χ3v) is 2.76. The van der Waals surface area contributed by atoms with Crippen LogP contribution in [0.2, 0.25) is 0 Å². The molecule has 5 heteroatoms. The Bertz CT molecular complexity index is 548. The predicted octanol–water partition coefficient (Wildman–Crippen LogP) is 2.33. The van der Waals surface area contributed by atoms with Gasteiger partial charge in [0.1, 0.15) is 0 Å². The number of nitrogens with one attached hydrogen (secondary N) is 1. The molecular weight excluding hydrogens is 230 g/mol. The summed E-state index contributed by atoms with van der Waals surface area (Å²) in [6.07, 6.45) is 0.784. The number of anilines is 1. The third-order valence-electron chi connectivity index (χ3n) is 2.76. The van der Waals surface area contributed by atoms with Crippen molar-refractivity contribution in [3.05, 3.63) is 24.3 Å². The van der Waals surface area contributed by atoms with Crippen molar-refractivity contribution < 1.29 is 9.90 Å². The summed E-state index contributed by atoms with van der Waals surface area (Å²) >= 11 is 0. The van der Waals surface area contributed by atoms with Crippen LogP contribution in [-0.2, 0) is 11.3 Å². The van der Waals surface area contributed by atoms with Gasteiger partial charge in [0, 0.05) is 19.5 Å². The first kappa shape index (κ1) is 12.4. The van der Waals surface area contributed by atoms with Crippen LogP contribution in [0.15, 0.2) is 24.3 Å². The van der Waals surface area contributed by atoms with Crippen molar-refractivity contribution in [3.63, 3.8) is 0 Å². The molecule has 2 aromatic rings. The summed E-state index contributed by atoms with van der Waals surface area (Å²) in [7, 11) is 0. The summed E-state index contributed by atoms with van der Waals surface area (Å²) in [4.78, 5) is 15.1. The predicted molar refractivity (Wildman–Crippen MR) is 70.8 cm³/mol. The van der Waals surface area contributed by atoms with E-state index in [-0.39, 0.29) is 6.42 Å². The average molecular weight is 247 g/mol. The molecule has 0 fully saturated rings. The molecule has 0 atom stereocenters. The van der Waals surface area contributed by atoms with Gasteiger partial charge in [-0.2, -0.15) is 0 Å². The number of fused-ring (bicyclic) bond motifs is 1. The van der Waals surface area contributed by atoms with E-state index >= 15 is 0 Å². The summed E-state index contributed by atoms with van der Waals surface area (Å²) in [6.45, 7) is 3.47. The number of para-hydroxylation sites is 2. The van der Waals surface area contributed by atoms with Crippen molar-refractivity contribution in [1.29, 1.82) is 0 Å². The lowest BCUT2D eigenvalue weighted by molar-refractivity contribution is -0.137. The Morgan fingerprint density at radius 2 is 2.22 bits per heavy atom. The second-order valence-corrected chi connectivity index (χ2v) is 4.10. The van der Waals surface area contributed by atoms with E-state index in [1.807, 2.05) is 35.8 Å². The van der Waals surface area contributed by atoms with Gasteiger partial charge in [0.05, 0.1) is 11.0 Å². The molecule has 2 N–H and O–H groups in total. The second kappa shape index (κ2) is 5.53. The van der Waals surface area contributed by atoms with Crippen LogP contribution >= 0.6 is 0 Å². The highest BCUT2D eigenvalue weighted by Crippen LogP contribution is 2.20. The van der Waals surface area contributed by atoms with Crippen LogP contribution in [-0.4, -0.2) is 27.2 Å². The normalized spacial score (nSPS) is 10.7. The number of aromatic nitrogens is 2. The van der Waals surface area contributed by atoms with Gasteiger partial charge in [0.2, 0.25) is 5.95 Å². The number of hydrogen-bond acceptors (Lipinski definition) is 3. The zero-order valence-electron chi connectivity index (χ0n) is 10.4. The largest absolute Gasteiger partial charge is 0.481 e. The van der Waals surface area contributed by atoms with E-state index in [4.69, 9.17) is 5.11 Å². The maximum Gasteiger partial charge on any atom is 0.303 e. The van der Waals surface area contributed by atoms with E-state index in [1.54, 1.807) is 0 Å². The van der Waals surface area contributed by atoms with E-state index in [2.05, 4.69) is 10.3 Å². The minimum Gasteiger partial charge on any atom is -0.481 e. The van der Waals surface area contributed by atoms with E-state index in [1.165, 1.54) is 0 Å². The molecule has 0 saturated heterocycles. The number of imidazole rings is 1. The van der Waals surface area contributed by atoms with Gasteiger partial charge in [-0.15, -0.1) is 0 Å². The maximum absolute atomic E-state index is 10.6. The number of carboxylic acid groups (broad SMARTS) is 1. The Balaban J connectivity index is 2.26. The Morgan fingerprint density at radius 3 is 2.94 bits per heavy atom. The van der Waals surface area contributed by atoms with E-state index in [0.717, 1.165) is 23.5 Å². The number of carboxylic acids is 1. The number of rotatable bonds is 6. The molecular formula is C13H17N3O2. The molecule has 0 amide bonds. The molecule has 0 aliphatic heterocycles. The van der Waals surface area contributed by atoms with Crippen LogP contribution in [0.25, 0.3) is 11.0 Å². The fraction of sp³-hybridized carbons (Fsp3) is 0.385. The van der Waals surface area contributed by atoms with Crippen molar-refractivity contribution in [3.8, 4) is 0 Å². The standard InChI is InChI=1S/C13H17N3O2/c1-2-14-13-15-10-6-3-4-7-11(10)16(13)9-5-8-12(17)18/h3-4,6-7H,2,5,8-9H2,1H3,(H,14,15)(H,17,18). The van der Waals surface area contributed by atoms with Crippen LogP contribution < -0.4 is 5.32 Å².